The Hall–Kier alpha value is -7.16. The summed E-state index contributed by atoms with van der Waals surface area (Å²) < 4.78 is 0. The molecule has 0 atom stereocenters. The Labute approximate surface area is 332 Å². The molecule has 10 aromatic rings. The van der Waals surface area contributed by atoms with Crippen molar-refractivity contribution < 1.29 is 0 Å². The maximum Gasteiger partial charge on any atom is 0.161 e. The van der Waals surface area contributed by atoms with Gasteiger partial charge in [-0.3, -0.25) is 0 Å². The number of fused-ring (bicyclic) bond motifs is 7. The highest BCUT2D eigenvalue weighted by Crippen LogP contribution is 2.52. The minimum Gasteiger partial charge on any atom is -0.228 e. The summed E-state index contributed by atoms with van der Waals surface area (Å²) in [5.41, 5.74) is 15.0. The second-order valence-electron chi connectivity index (χ2n) is 15.7. The largest absolute Gasteiger partial charge is 0.228 e. The molecule has 0 N–H and O–H groups in total. The van der Waals surface area contributed by atoms with Gasteiger partial charge in [-0.05, 0) is 95.0 Å². The molecule has 2 heteroatoms. The summed E-state index contributed by atoms with van der Waals surface area (Å²) in [5, 5.41) is 7.24. The van der Waals surface area contributed by atoms with E-state index in [1.165, 1.54) is 60.3 Å². The molecule has 1 aliphatic rings. The van der Waals surface area contributed by atoms with Gasteiger partial charge in [0.15, 0.2) is 5.82 Å². The van der Waals surface area contributed by atoms with Crippen LogP contribution in [0.25, 0.3) is 99.6 Å². The normalized spacial score (nSPS) is 12.9. The van der Waals surface area contributed by atoms with Gasteiger partial charge in [0.25, 0.3) is 0 Å². The fourth-order valence-electron chi connectivity index (χ4n) is 9.31. The second kappa shape index (κ2) is 13.0. The van der Waals surface area contributed by atoms with Crippen LogP contribution in [-0.4, -0.2) is 9.97 Å². The fourth-order valence-corrected chi connectivity index (χ4v) is 9.31. The van der Waals surface area contributed by atoms with E-state index in [2.05, 4.69) is 208 Å². The van der Waals surface area contributed by atoms with Crippen LogP contribution in [-0.2, 0) is 5.41 Å². The molecule has 0 bridgehead atoms. The summed E-state index contributed by atoms with van der Waals surface area (Å²) in [6.07, 6.45) is 0. The number of nitrogens with zero attached hydrogens (tertiary/aromatic N) is 2. The van der Waals surface area contributed by atoms with Crippen molar-refractivity contribution in [1.82, 2.24) is 9.97 Å². The maximum absolute atomic E-state index is 5.42. The highest BCUT2D eigenvalue weighted by Gasteiger charge is 2.36. The van der Waals surface area contributed by atoms with Crippen molar-refractivity contribution in [1.29, 1.82) is 0 Å². The minimum atomic E-state index is -0.0809. The molecule has 0 spiro atoms. The van der Waals surface area contributed by atoms with Gasteiger partial charge in [0.05, 0.1) is 11.4 Å². The molecule has 0 saturated carbocycles. The molecule has 11 rings (SSSR count). The Morgan fingerprint density at radius 1 is 0.333 bits per heavy atom. The molecule has 0 radical (unpaired) electrons. The van der Waals surface area contributed by atoms with Crippen LogP contribution in [0.4, 0.5) is 0 Å². The van der Waals surface area contributed by atoms with Crippen LogP contribution in [0.5, 0.6) is 0 Å². The molecule has 9 aromatic carbocycles. The van der Waals surface area contributed by atoms with Crippen LogP contribution in [0.15, 0.2) is 194 Å². The molecule has 0 saturated heterocycles. The molecule has 268 valence electrons. The third-order valence-corrected chi connectivity index (χ3v) is 12.1. The lowest BCUT2D eigenvalue weighted by atomic mass is 9.81. The van der Waals surface area contributed by atoms with E-state index in [1.54, 1.807) is 0 Å². The van der Waals surface area contributed by atoms with Gasteiger partial charge >= 0.3 is 0 Å². The number of rotatable bonds is 5. The van der Waals surface area contributed by atoms with Crippen molar-refractivity contribution >= 4 is 32.3 Å². The van der Waals surface area contributed by atoms with Gasteiger partial charge in [-0.15, -0.1) is 0 Å². The first-order valence-electron chi connectivity index (χ1n) is 19.7. The Morgan fingerprint density at radius 3 is 1.68 bits per heavy atom. The third-order valence-electron chi connectivity index (χ3n) is 12.1. The van der Waals surface area contributed by atoms with E-state index in [1.807, 2.05) is 0 Å². The molecule has 0 unspecified atom stereocenters. The smallest absolute Gasteiger partial charge is 0.161 e. The van der Waals surface area contributed by atoms with Crippen molar-refractivity contribution in [3.05, 3.63) is 205 Å². The predicted octanol–water partition coefficient (Wildman–Crippen LogP) is 14.6. The van der Waals surface area contributed by atoms with Crippen molar-refractivity contribution in [3.63, 3.8) is 0 Å². The average molecular weight is 727 g/mol. The number of hydrogen-bond acceptors (Lipinski definition) is 2. The summed E-state index contributed by atoms with van der Waals surface area (Å²) in [6.45, 7) is 4.71. The highest BCUT2D eigenvalue weighted by molar-refractivity contribution is 6.07. The third kappa shape index (κ3) is 5.33. The summed E-state index contributed by atoms with van der Waals surface area (Å²) >= 11 is 0. The van der Waals surface area contributed by atoms with Crippen LogP contribution in [0, 0.1) is 0 Å². The van der Waals surface area contributed by atoms with Crippen molar-refractivity contribution in [2.75, 3.05) is 0 Å². The Balaban J connectivity index is 1.12. The average Bonchev–Trinajstić information content (AvgIpc) is 3.51. The Kier molecular flexibility index (Phi) is 7.55. The second-order valence-corrected chi connectivity index (χ2v) is 15.7. The summed E-state index contributed by atoms with van der Waals surface area (Å²) in [6, 6.07) is 70.1. The molecule has 2 nitrogen and oxygen atoms in total. The fraction of sp³-hybridized carbons (Fsp3) is 0.0545. The Bertz CT molecular complexity index is 3210. The maximum atomic E-state index is 5.42. The zero-order valence-corrected chi connectivity index (χ0v) is 31.9. The van der Waals surface area contributed by atoms with Crippen LogP contribution in [0.1, 0.15) is 25.0 Å². The van der Waals surface area contributed by atoms with Gasteiger partial charge in [0.2, 0.25) is 0 Å². The predicted molar refractivity (Wildman–Crippen MR) is 239 cm³/mol. The number of hydrogen-bond donors (Lipinski definition) is 0. The van der Waals surface area contributed by atoms with E-state index in [0.29, 0.717) is 5.82 Å². The van der Waals surface area contributed by atoms with Gasteiger partial charge in [-0.25, -0.2) is 9.97 Å². The van der Waals surface area contributed by atoms with Gasteiger partial charge in [0, 0.05) is 22.1 Å². The molecule has 57 heavy (non-hydrogen) atoms. The van der Waals surface area contributed by atoms with E-state index in [9.17, 15) is 0 Å². The number of aromatic nitrogens is 2. The van der Waals surface area contributed by atoms with Crippen LogP contribution < -0.4 is 0 Å². The Morgan fingerprint density at radius 2 is 0.895 bits per heavy atom. The van der Waals surface area contributed by atoms with E-state index in [0.717, 1.165) is 44.6 Å². The first-order valence-corrected chi connectivity index (χ1v) is 19.7. The first-order chi connectivity index (χ1) is 28.0. The van der Waals surface area contributed by atoms with Crippen LogP contribution in [0.2, 0.25) is 0 Å². The first kappa shape index (κ1) is 33.2. The van der Waals surface area contributed by atoms with E-state index >= 15 is 0 Å². The number of benzene rings is 9. The molecule has 0 fully saturated rings. The van der Waals surface area contributed by atoms with Crippen LogP contribution >= 0.6 is 0 Å². The molecule has 0 aliphatic heterocycles. The van der Waals surface area contributed by atoms with Crippen LogP contribution in [0.3, 0.4) is 0 Å². The van der Waals surface area contributed by atoms with Crippen molar-refractivity contribution in [2.45, 2.75) is 19.3 Å². The zero-order valence-electron chi connectivity index (χ0n) is 31.9. The standard InChI is InChI=1S/C55H38N2/c1-55(2)49-31-28-38(33-48(49)53-42-22-9-7-18-37(42)27-32-50(53)55)41-29-30-47(44-24-12-11-23-43(41)44)54-56-51(45-25-13-10-21-39(45)35-15-4-3-5-16-35)34-52(57-54)46-26-14-19-36-17-6-8-20-40(36)46/h3-34H,1-2H3. The molecule has 1 heterocycles. The SMILES string of the molecule is CC1(C)c2ccc(-c3ccc(-c4nc(-c5ccccc5-c5ccccc5)cc(-c5cccc6ccccc56)n4)c4ccccc34)cc2-c2c1ccc1ccccc21. The molecule has 0 amide bonds. The topological polar surface area (TPSA) is 25.8 Å². The summed E-state index contributed by atoms with van der Waals surface area (Å²) in [5.74, 6) is 0.706. The molecular formula is C55H38N2. The van der Waals surface area contributed by atoms with E-state index in [-0.39, 0.29) is 5.41 Å². The molecule has 1 aromatic heterocycles. The zero-order chi connectivity index (χ0) is 38.1. The lowest BCUT2D eigenvalue weighted by molar-refractivity contribution is 0.661. The van der Waals surface area contributed by atoms with Crippen molar-refractivity contribution in [2.24, 2.45) is 0 Å². The quantitative estimate of drug-likeness (QED) is 0.176. The van der Waals surface area contributed by atoms with Crippen molar-refractivity contribution in [3.8, 4) is 67.3 Å². The molecular weight excluding hydrogens is 689 g/mol. The highest BCUT2D eigenvalue weighted by atomic mass is 14.9. The summed E-state index contributed by atoms with van der Waals surface area (Å²) in [4.78, 5) is 10.8. The lowest BCUT2D eigenvalue weighted by Crippen LogP contribution is -2.14. The monoisotopic (exact) mass is 726 g/mol. The van der Waals surface area contributed by atoms with Gasteiger partial charge in [-0.2, -0.15) is 0 Å². The van der Waals surface area contributed by atoms with Gasteiger partial charge in [-0.1, -0.05) is 190 Å². The summed E-state index contributed by atoms with van der Waals surface area (Å²) in [7, 11) is 0. The lowest BCUT2D eigenvalue weighted by Gasteiger charge is -2.22. The van der Waals surface area contributed by atoms with Gasteiger partial charge in [0.1, 0.15) is 0 Å². The molecule has 1 aliphatic carbocycles. The van der Waals surface area contributed by atoms with E-state index < -0.39 is 0 Å². The van der Waals surface area contributed by atoms with Gasteiger partial charge < -0.3 is 0 Å². The van der Waals surface area contributed by atoms with E-state index in [4.69, 9.17) is 9.97 Å². The minimum absolute atomic E-state index is 0.0809.